The Labute approximate surface area is 171 Å². The van der Waals surface area contributed by atoms with Gasteiger partial charge in [0.1, 0.15) is 54.9 Å². The highest BCUT2D eigenvalue weighted by molar-refractivity contribution is 4.94. The van der Waals surface area contributed by atoms with Gasteiger partial charge in [0.2, 0.25) is 0 Å². The average molecular weight is 442 g/mol. The van der Waals surface area contributed by atoms with Gasteiger partial charge < -0.3 is 64.5 Å². The third-order valence-electron chi connectivity index (χ3n) is 5.67. The van der Waals surface area contributed by atoms with Crippen LogP contribution < -0.4 is 0 Å². The Balaban J connectivity index is 1.70. The summed E-state index contributed by atoms with van der Waals surface area (Å²) in [6, 6.07) is 0. The molecule has 3 heterocycles. The van der Waals surface area contributed by atoms with Crippen LogP contribution in [0, 0.1) is 0 Å². The maximum Gasteiger partial charge on any atom is 0.187 e. The summed E-state index contributed by atoms with van der Waals surface area (Å²) in [5, 5.41) is 80.0. The first-order valence-corrected chi connectivity index (χ1v) is 9.71. The summed E-state index contributed by atoms with van der Waals surface area (Å²) >= 11 is 0. The third kappa shape index (κ3) is 4.49. The smallest absolute Gasteiger partial charge is 0.187 e. The summed E-state index contributed by atoms with van der Waals surface area (Å²) < 4.78 is 26.7. The van der Waals surface area contributed by atoms with Crippen LogP contribution in [0.25, 0.3) is 0 Å². The van der Waals surface area contributed by atoms with Gasteiger partial charge >= 0.3 is 0 Å². The molecule has 8 N–H and O–H groups in total. The lowest BCUT2D eigenvalue weighted by atomic mass is 9.97. The zero-order valence-corrected chi connectivity index (χ0v) is 16.4. The number of aliphatic hydroxyl groups is 8. The van der Waals surface area contributed by atoms with E-state index < -0.39 is 92.6 Å². The molecule has 0 unspecified atom stereocenters. The Morgan fingerprint density at radius 2 is 1.13 bits per heavy atom. The summed E-state index contributed by atoms with van der Waals surface area (Å²) in [6.07, 6.45) is -19.4. The Bertz CT molecular complexity index is 566. The molecule has 3 saturated heterocycles. The van der Waals surface area contributed by atoms with Gasteiger partial charge in [-0.3, -0.25) is 0 Å². The third-order valence-corrected chi connectivity index (χ3v) is 5.67. The molecule has 3 aliphatic rings. The van der Waals surface area contributed by atoms with Gasteiger partial charge in [-0.1, -0.05) is 0 Å². The first kappa shape index (κ1) is 24.1. The van der Waals surface area contributed by atoms with Gasteiger partial charge in [0, 0.05) is 0 Å². The molecule has 3 fully saturated rings. The largest absolute Gasteiger partial charge is 0.394 e. The van der Waals surface area contributed by atoms with E-state index in [-0.39, 0.29) is 0 Å². The molecule has 13 nitrogen and oxygen atoms in total. The highest BCUT2D eigenvalue weighted by Crippen LogP contribution is 2.32. The van der Waals surface area contributed by atoms with Crippen molar-refractivity contribution < 1.29 is 64.5 Å². The molecule has 14 atom stereocenters. The Hall–Kier alpha value is -0.520. The van der Waals surface area contributed by atoms with Crippen LogP contribution in [-0.4, -0.2) is 133 Å². The molecule has 13 heteroatoms. The van der Waals surface area contributed by atoms with Gasteiger partial charge in [-0.15, -0.1) is 0 Å². The summed E-state index contributed by atoms with van der Waals surface area (Å²) in [7, 11) is 0. The molecule has 0 aromatic rings. The minimum absolute atomic E-state index is 0.573. The first-order valence-electron chi connectivity index (χ1n) is 9.71. The minimum Gasteiger partial charge on any atom is -0.394 e. The average Bonchev–Trinajstić information content (AvgIpc) is 2.98. The highest BCUT2D eigenvalue weighted by atomic mass is 16.8. The van der Waals surface area contributed by atoms with E-state index in [4.69, 9.17) is 28.8 Å². The molecule has 0 aromatic heterocycles. The monoisotopic (exact) mass is 442 g/mol. The number of ether oxygens (including phenoxy) is 5. The van der Waals surface area contributed by atoms with E-state index in [0.29, 0.717) is 0 Å². The van der Waals surface area contributed by atoms with Crippen LogP contribution in [0.4, 0.5) is 0 Å². The van der Waals surface area contributed by atoms with Crippen LogP contribution >= 0.6 is 0 Å². The molecule has 176 valence electrons. The molecule has 0 radical (unpaired) electrons. The summed E-state index contributed by atoms with van der Waals surface area (Å²) in [4.78, 5) is 0. The summed E-state index contributed by atoms with van der Waals surface area (Å²) in [5.74, 6) is 0. The van der Waals surface area contributed by atoms with Crippen LogP contribution in [0.3, 0.4) is 0 Å². The van der Waals surface area contributed by atoms with E-state index in [2.05, 4.69) is 0 Å². The van der Waals surface area contributed by atoms with E-state index in [1.807, 2.05) is 0 Å². The van der Waals surface area contributed by atoms with Crippen molar-refractivity contribution in [1.82, 2.24) is 0 Å². The van der Waals surface area contributed by atoms with E-state index in [9.17, 15) is 35.7 Å². The van der Waals surface area contributed by atoms with Crippen molar-refractivity contribution in [2.75, 3.05) is 6.61 Å². The Morgan fingerprint density at radius 1 is 0.600 bits per heavy atom. The van der Waals surface area contributed by atoms with Crippen molar-refractivity contribution >= 4 is 0 Å². The van der Waals surface area contributed by atoms with Crippen LogP contribution in [-0.2, 0) is 23.7 Å². The molecule has 30 heavy (non-hydrogen) atoms. The molecular weight excluding hydrogens is 412 g/mol. The van der Waals surface area contributed by atoms with Crippen LogP contribution in [0.5, 0.6) is 0 Å². The molecular formula is C17H30O13. The second kappa shape index (κ2) is 9.54. The lowest BCUT2D eigenvalue weighted by molar-refractivity contribution is -0.362. The van der Waals surface area contributed by atoms with Crippen molar-refractivity contribution in [3.8, 4) is 0 Å². The van der Waals surface area contributed by atoms with Crippen molar-refractivity contribution in [2.45, 2.75) is 99.9 Å². The number of rotatable bonds is 5. The zero-order chi connectivity index (χ0) is 22.3. The van der Waals surface area contributed by atoms with Gasteiger partial charge in [-0.25, -0.2) is 0 Å². The van der Waals surface area contributed by atoms with Gasteiger partial charge in [-0.05, 0) is 13.8 Å². The Kier molecular flexibility index (Phi) is 7.67. The number of aliphatic hydroxyl groups excluding tert-OH is 8. The fourth-order valence-electron chi connectivity index (χ4n) is 3.72. The van der Waals surface area contributed by atoms with E-state index in [1.54, 1.807) is 0 Å². The van der Waals surface area contributed by atoms with Crippen molar-refractivity contribution in [3.05, 3.63) is 0 Å². The molecule has 3 aliphatic heterocycles. The van der Waals surface area contributed by atoms with Crippen molar-refractivity contribution in [3.63, 3.8) is 0 Å². The predicted octanol–water partition coefficient (Wildman–Crippen LogP) is -4.88. The second-order valence-corrected chi connectivity index (χ2v) is 7.81. The standard InChI is InChI=1S/C17H30O13/c1-4-7(19)10(22)11(23)16(26-4)29-13-8(20)5(2)27-17(12(13)24)30-14-9(21)6(3-18)28-15(14)25/h4-25H,3H2,1-2H3/t4-,5-,6+,7+,8+,9+,10+,11-,12-,13+,14-,15-,16+,17+/m1/s1. The van der Waals surface area contributed by atoms with Gasteiger partial charge in [0.15, 0.2) is 18.9 Å². The first-order chi connectivity index (χ1) is 14.1. The predicted molar refractivity (Wildman–Crippen MR) is 92.4 cm³/mol. The van der Waals surface area contributed by atoms with Gasteiger partial charge in [-0.2, -0.15) is 0 Å². The molecule has 0 aromatic carbocycles. The lowest BCUT2D eigenvalue weighted by Crippen LogP contribution is -2.64. The Morgan fingerprint density at radius 3 is 1.70 bits per heavy atom. The molecule has 0 spiro atoms. The molecule has 0 aliphatic carbocycles. The van der Waals surface area contributed by atoms with Gasteiger partial charge in [0.25, 0.3) is 0 Å². The maximum atomic E-state index is 10.6. The SMILES string of the molecule is C[C@H]1O[C@@H](O[C@H]2[C@@H](O)[C@@H](C)O[C@@H](O[C@@H]3[C@@H](O)[C@H](CO)O[C@H]3O)[C@@H]2O)[C@H](O)[C@@H](O)[C@H]1O. The molecule has 0 amide bonds. The van der Waals surface area contributed by atoms with Gasteiger partial charge in [0.05, 0.1) is 18.8 Å². The quantitative estimate of drug-likeness (QED) is 0.201. The molecule has 0 saturated carbocycles. The van der Waals surface area contributed by atoms with Crippen LogP contribution in [0.15, 0.2) is 0 Å². The topological polar surface area (TPSA) is 208 Å². The minimum atomic E-state index is -1.67. The second-order valence-electron chi connectivity index (χ2n) is 7.81. The number of hydrogen-bond acceptors (Lipinski definition) is 13. The molecule has 3 rings (SSSR count). The summed E-state index contributed by atoms with van der Waals surface area (Å²) in [6.45, 7) is 2.33. The number of hydrogen-bond donors (Lipinski definition) is 8. The van der Waals surface area contributed by atoms with Crippen molar-refractivity contribution in [1.29, 1.82) is 0 Å². The zero-order valence-electron chi connectivity index (χ0n) is 16.4. The van der Waals surface area contributed by atoms with Crippen LogP contribution in [0.2, 0.25) is 0 Å². The van der Waals surface area contributed by atoms with E-state index in [1.165, 1.54) is 13.8 Å². The fourth-order valence-corrected chi connectivity index (χ4v) is 3.72. The van der Waals surface area contributed by atoms with Crippen molar-refractivity contribution in [2.24, 2.45) is 0 Å². The maximum absolute atomic E-state index is 10.6. The summed E-state index contributed by atoms with van der Waals surface area (Å²) in [5.41, 5.74) is 0. The van der Waals surface area contributed by atoms with E-state index in [0.717, 1.165) is 0 Å². The lowest BCUT2D eigenvalue weighted by Gasteiger charge is -2.45. The molecule has 0 bridgehead atoms. The van der Waals surface area contributed by atoms with E-state index >= 15 is 0 Å². The van der Waals surface area contributed by atoms with Crippen LogP contribution in [0.1, 0.15) is 13.8 Å². The normalized spacial score (nSPS) is 55.0. The fraction of sp³-hybridized carbons (Fsp3) is 1.00. The highest BCUT2D eigenvalue weighted by Gasteiger charge is 2.52.